The molecule has 0 amide bonds. The molecule has 4 heteroatoms. The molecule has 0 aromatic carbocycles. The maximum Gasteiger partial charge on any atom is 0.168 e. The first kappa shape index (κ1) is 12.1. The minimum absolute atomic E-state index is 0.897. The molecule has 2 fully saturated rings. The Balaban J connectivity index is 1.70. The van der Waals surface area contributed by atoms with E-state index in [1.807, 2.05) is 7.05 Å². The molecule has 2 aliphatic heterocycles. The molecule has 2 aliphatic rings. The van der Waals surface area contributed by atoms with Crippen LogP contribution in [0.3, 0.4) is 0 Å². The maximum atomic E-state index is 5.26. The molecule has 0 saturated carbocycles. The quantitative estimate of drug-likeness (QED) is 0.734. The first-order valence-electron chi connectivity index (χ1n) is 6.48. The smallest absolute Gasteiger partial charge is 0.168 e. The van der Waals surface area contributed by atoms with Crippen molar-refractivity contribution < 1.29 is 0 Å². The average Bonchev–Trinajstić information content (AvgIpc) is 2.82. The van der Waals surface area contributed by atoms with Gasteiger partial charge in [-0.15, -0.1) is 0 Å². The molecule has 0 unspecified atom stereocenters. The van der Waals surface area contributed by atoms with Crippen LogP contribution in [-0.4, -0.2) is 54.7 Å². The van der Waals surface area contributed by atoms with Gasteiger partial charge in [-0.1, -0.05) is 0 Å². The van der Waals surface area contributed by atoms with E-state index in [4.69, 9.17) is 12.2 Å². The van der Waals surface area contributed by atoms with Gasteiger partial charge in [-0.2, -0.15) is 0 Å². The van der Waals surface area contributed by atoms with Gasteiger partial charge in [0.1, 0.15) is 0 Å². The Morgan fingerprint density at radius 1 is 1.19 bits per heavy atom. The van der Waals surface area contributed by atoms with Crippen molar-refractivity contribution in [2.45, 2.75) is 25.7 Å². The van der Waals surface area contributed by atoms with Gasteiger partial charge in [-0.25, -0.2) is 0 Å². The fraction of sp³-hybridized carbons (Fsp3) is 0.917. The van der Waals surface area contributed by atoms with Crippen molar-refractivity contribution in [3.63, 3.8) is 0 Å². The lowest BCUT2D eigenvalue weighted by atomic mass is 9.96. The van der Waals surface area contributed by atoms with Crippen LogP contribution in [0.5, 0.6) is 0 Å². The van der Waals surface area contributed by atoms with Gasteiger partial charge in [0.05, 0.1) is 0 Å². The fourth-order valence-electron chi connectivity index (χ4n) is 2.81. The molecule has 1 N–H and O–H groups in total. The van der Waals surface area contributed by atoms with Crippen LogP contribution in [0.25, 0.3) is 0 Å². The van der Waals surface area contributed by atoms with Crippen LogP contribution in [-0.2, 0) is 0 Å². The molecule has 0 aliphatic carbocycles. The number of rotatable bonds is 2. The zero-order valence-electron chi connectivity index (χ0n) is 10.2. The SMILES string of the molecule is CNC(=S)N1CCC(CN2CCCC2)CC1. The summed E-state index contributed by atoms with van der Waals surface area (Å²) in [4.78, 5) is 4.94. The predicted octanol–water partition coefficient (Wildman–Crippen LogP) is 1.30. The van der Waals surface area contributed by atoms with Crippen molar-refractivity contribution in [1.29, 1.82) is 0 Å². The fourth-order valence-corrected chi connectivity index (χ4v) is 2.99. The minimum atomic E-state index is 0.897. The van der Waals surface area contributed by atoms with Crippen molar-refractivity contribution in [3.8, 4) is 0 Å². The number of nitrogens with one attached hydrogen (secondary N) is 1. The number of hydrogen-bond acceptors (Lipinski definition) is 2. The minimum Gasteiger partial charge on any atom is -0.366 e. The Bertz CT molecular complexity index is 230. The summed E-state index contributed by atoms with van der Waals surface area (Å²) in [6, 6.07) is 0. The van der Waals surface area contributed by atoms with Gasteiger partial charge in [-0.3, -0.25) is 0 Å². The molecular weight excluding hydrogens is 218 g/mol. The highest BCUT2D eigenvalue weighted by Gasteiger charge is 2.23. The van der Waals surface area contributed by atoms with E-state index in [-0.39, 0.29) is 0 Å². The molecule has 16 heavy (non-hydrogen) atoms. The third-order valence-electron chi connectivity index (χ3n) is 3.83. The number of likely N-dealkylation sites (tertiary alicyclic amines) is 2. The van der Waals surface area contributed by atoms with Crippen LogP contribution in [0.4, 0.5) is 0 Å². The van der Waals surface area contributed by atoms with Crippen LogP contribution in [0.15, 0.2) is 0 Å². The summed E-state index contributed by atoms with van der Waals surface area (Å²) >= 11 is 5.26. The molecule has 2 rings (SSSR count). The normalized spacial score (nSPS) is 23.7. The standard InChI is InChI=1S/C12H23N3S/c1-13-12(16)15-8-4-11(5-9-15)10-14-6-2-3-7-14/h11H,2-10H2,1H3,(H,13,16). The highest BCUT2D eigenvalue weighted by Crippen LogP contribution is 2.20. The molecule has 0 aromatic rings. The summed E-state index contributed by atoms with van der Waals surface area (Å²) in [5.74, 6) is 0.897. The summed E-state index contributed by atoms with van der Waals surface area (Å²) in [5.41, 5.74) is 0. The number of thiocarbonyl (C=S) groups is 1. The van der Waals surface area contributed by atoms with E-state index in [0.29, 0.717) is 0 Å². The molecule has 92 valence electrons. The van der Waals surface area contributed by atoms with Gasteiger partial charge in [0.2, 0.25) is 0 Å². The average molecular weight is 241 g/mol. The second-order valence-corrected chi connectivity index (χ2v) is 5.38. The Labute approximate surface area is 104 Å². The molecule has 0 bridgehead atoms. The Morgan fingerprint density at radius 3 is 2.38 bits per heavy atom. The Morgan fingerprint density at radius 2 is 1.81 bits per heavy atom. The Kier molecular flexibility index (Phi) is 4.41. The highest BCUT2D eigenvalue weighted by atomic mass is 32.1. The lowest BCUT2D eigenvalue weighted by Gasteiger charge is -2.35. The largest absolute Gasteiger partial charge is 0.366 e. The predicted molar refractivity (Wildman–Crippen MR) is 71.6 cm³/mol. The van der Waals surface area contributed by atoms with E-state index in [0.717, 1.165) is 24.1 Å². The van der Waals surface area contributed by atoms with Gasteiger partial charge >= 0.3 is 0 Å². The lowest BCUT2D eigenvalue weighted by Crippen LogP contribution is -2.44. The summed E-state index contributed by atoms with van der Waals surface area (Å²) in [5, 5.41) is 3.99. The molecule has 2 saturated heterocycles. The molecule has 0 atom stereocenters. The van der Waals surface area contributed by atoms with E-state index >= 15 is 0 Å². The van der Waals surface area contributed by atoms with E-state index in [9.17, 15) is 0 Å². The first-order chi connectivity index (χ1) is 7.79. The first-order valence-corrected chi connectivity index (χ1v) is 6.89. The van der Waals surface area contributed by atoms with Crippen molar-refractivity contribution in [3.05, 3.63) is 0 Å². The lowest BCUT2D eigenvalue weighted by molar-refractivity contribution is 0.200. The van der Waals surface area contributed by atoms with Crippen LogP contribution in [0.2, 0.25) is 0 Å². The monoisotopic (exact) mass is 241 g/mol. The molecule has 0 spiro atoms. The second kappa shape index (κ2) is 5.82. The zero-order chi connectivity index (χ0) is 11.4. The molecule has 3 nitrogen and oxygen atoms in total. The van der Waals surface area contributed by atoms with Gasteiger partial charge < -0.3 is 15.1 Å². The van der Waals surface area contributed by atoms with Gasteiger partial charge in [0.25, 0.3) is 0 Å². The summed E-state index contributed by atoms with van der Waals surface area (Å²) in [7, 11) is 1.92. The second-order valence-electron chi connectivity index (χ2n) is 4.99. The van der Waals surface area contributed by atoms with Crippen molar-refractivity contribution in [2.24, 2.45) is 5.92 Å². The van der Waals surface area contributed by atoms with Gasteiger partial charge in [0, 0.05) is 26.7 Å². The van der Waals surface area contributed by atoms with Gasteiger partial charge in [0.15, 0.2) is 5.11 Å². The molecule has 0 aromatic heterocycles. The third-order valence-corrected chi connectivity index (χ3v) is 4.29. The third kappa shape index (κ3) is 3.08. The van der Waals surface area contributed by atoms with Crippen LogP contribution in [0, 0.1) is 5.92 Å². The van der Waals surface area contributed by atoms with Crippen LogP contribution >= 0.6 is 12.2 Å². The number of hydrogen-bond donors (Lipinski definition) is 1. The maximum absolute atomic E-state index is 5.26. The van der Waals surface area contributed by atoms with E-state index in [1.165, 1.54) is 45.3 Å². The van der Waals surface area contributed by atoms with E-state index in [1.54, 1.807) is 0 Å². The number of piperidine rings is 1. The van der Waals surface area contributed by atoms with Crippen LogP contribution < -0.4 is 5.32 Å². The zero-order valence-corrected chi connectivity index (χ0v) is 11.1. The van der Waals surface area contributed by atoms with Gasteiger partial charge in [-0.05, 0) is 56.9 Å². The van der Waals surface area contributed by atoms with Crippen LogP contribution in [0.1, 0.15) is 25.7 Å². The summed E-state index contributed by atoms with van der Waals surface area (Å²) < 4.78 is 0. The number of nitrogens with zero attached hydrogens (tertiary/aromatic N) is 2. The highest BCUT2D eigenvalue weighted by molar-refractivity contribution is 7.80. The molecule has 2 heterocycles. The van der Waals surface area contributed by atoms with E-state index in [2.05, 4.69) is 15.1 Å². The van der Waals surface area contributed by atoms with Crippen molar-refractivity contribution in [2.75, 3.05) is 39.8 Å². The summed E-state index contributed by atoms with van der Waals surface area (Å²) in [6.07, 6.45) is 5.42. The van der Waals surface area contributed by atoms with Crippen molar-refractivity contribution in [1.82, 2.24) is 15.1 Å². The molecular formula is C12H23N3S. The van der Waals surface area contributed by atoms with E-state index < -0.39 is 0 Å². The topological polar surface area (TPSA) is 18.5 Å². The molecule has 0 radical (unpaired) electrons. The Hall–Kier alpha value is -0.350. The summed E-state index contributed by atoms with van der Waals surface area (Å²) in [6.45, 7) is 6.25. The van der Waals surface area contributed by atoms with Crippen molar-refractivity contribution >= 4 is 17.3 Å².